The number of aliphatic hydroxyl groups is 1. The smallest absolute Gasteiger partial charge is 0.478 e. The number of nitrogens with two attached hydrogens (primary N) is 1. The minimum Gasteiger partial charge on any atom is -0.478 e. The summed E-state index contributed by atoms with van der Waals surface area (Å²) in [6, 6.07) is 13.4. The number of aromatic nitrogens is 4. The Morgan fingerprint density at radius 3 is 2.44 bits per heavy atom. The van der Waals surface area contributed by atoms with Gasteiger partial charge >= 0.3 is 29.4 Å². The normalized spacial score (nSPS) is 20.4. The van der Waals surface area contributed by atoms with Gasteiger partial charge in [-0.25, -0.2) is 28.0 Å². The van der Waals surface area contributed by atoms with Crippen LogP contribution < -0.4 is 35.3 Å². The highest BCUT2D eigenvalue weighted by molar-refractivity contribution is 7.66. The number of benzene rings is 4. The van der Waals surface area contributed by atoms with Gasteiger partial charge in [0.1, 0.15) is 43.0 Å². The number of hydrogen-bond acceptors (Lipinski definition) is 19. The van der Waals surface area contributed by atoms with E-state index in [1.54, 1.807) is 12.1 Å². The number of aromatic carboxylic acids is 1. The number of carboxylic acid groups (broad SMARTS) is 1. The lowest BCUT2D eigenvalue weighted by Crippen LogP contribution is -2.45. The Morgan fingerprint density at radius 1 is 0.918 bits per heavy atom. The SMILES string of the molecule is CC(Oc1nc(N)nc2c1ncn2[C@H]1CC(O)[C@@H](COP(=O)(O)OP(=O)(O)OP(=O)(O)O)O1)c1ccc(C#CCCC(=O)c2ccc(C(=O)O)c(C3=c4cc5c6c(c4Oc4c3cc3c7c4CCCN7CCC3)CCC[N+]=6CCC5)c2)cc1[N+](=O)[O-]. The number of imidazole rings is 1. The predicted octanol–water partition coefficient (Wildman–Crippen LogP) is 5.60. The van der Waals surface area contributed by atoms with Gasteiger partial charge in [0, 0.05) is 95.6 Å². The van der Waals surface area contributed by atoms with Crippen LogP contribution in [0.2, 0.25) is 0 Å². The summed E-state index contributed by atoms with van der Waals surface area (Å²) in [5.41, 5.74) is 14.5. The molecule has 1 fully saturated rings. The van der Waals surface area contributed by atoms with Crippen molar-refractivity contribution in [1.82, 2.24) is 24.1 Å². The molecule has 0 saturated carbocycles. The van der Waals surface area contributed by atoms with Gasteiger partial charge in [-0.2, -0.15) is 18.6 Å². The number of phosphoric acid groups is 3. The largest absolute Gasteiger partial charge is 0.490 e. The van der Waals surface area contributed by atoms with Crippen LogP contribution in [0, 0.1) is 22.0 Å². The van der Waals surface area contributed by atoms with E-state index in [1.807, 2.05) is 0 Å². The first-order chi connectivity index (χ1) is 40.5. The molecule has 444 valence electrons. The molecular weight excluding hydrogens is 1170 g/mol. The van der Waals surface area contributed by atoms with Crippen molar-refractivity contribution in [2.24, 2.45) is 0 Å². The third-order valence-corrected chi connectivity index (χ3v) is 19.7. The number of nitro groups is 1. The molecule has 6 aliphatic heterocycles. The molecule has 2 aromatic heterocycles. The van der Waals surface area contributed by atoms with Gasteiger partial charge < -0.3 is 54.6 Å². The molecule has 0 bridgehead atoms. The molecule has 0 radical (unpaired) electrons. The fourth-order valence-electron chi connectivity index (χ4n) is 12.5. The fraction of sp³-hybridized carbons (Fsp3) is 0.382. The number of nitro benzene ring substituents is 1. The molecule has 6 atom stereocenters. The van der Waals surface area contributed by atoms with Gasteiger partial charge in [0.15, 0.2) is 16.9 Å². The van der Waals surface area contributed by atoms with Gasteiger partial charge in [-0.05, 0) is 93.0 Å². The van der Waals surface area contributed by atoms with E-state index < -0.39 is 65.5 Å². The molecule has 8 heterocycles. The molecule has 0 amide bonds. The quantitative estimate of drug-likeness (QED) is 0.0146. The molecule has 27 nitrogen and oxygen atoms in total. The van der Waals surface area contributed by atoms with Crippen molar-refractivity contribution in [2.75, 3.05) is 43.4 Å². The predicted molar refractivity (Wildman–Crippen MR) is 300 cm³/mol. The standard InChI is InChI=1S/C55H55N8O19P3/c1-29(78-53-47-52(58-55(56)59-53)62(28-57-47)45-26-43(65)44(79-45)27-77-84(73,74)82-85(75,76)81-83(70,71)72)34-16-14-30(22-41(34)63(68)69)8-2-3-13-42(64)31-15-17-35(54(66)67)38(23-31)46-39-24-32-9-4-18-60-20-6-11-36(48(32)60)50(39)80-51-37-12-7-21-61-19-5-10-33(49(37)61)25-40(46)51/h14-17,22-25,28-29,43-45,65H,3-7,9-13,18-21,26-27H2,1H3,(H6-,56,58,59,66,67,70,71,72,73,74,75,76)/p+1/t29?,43?,44-,45-/m1/s1. The molecule has 4 unspecified atom stereocenters. The molecule has 30 heteroatoms. The Labute approximate surface area is 482 Å². The molecule has 6 aliphatic rings. The zero-order valence-electron chi connectivity index (χ0n) is 45.4. The Balaban J connectivity index is 0.767. The number of rotatable bonds is 17. The van der Waals surface area contributed by atoms with Crippen LogP contribution in [0.5, 0.6) is 17.4 Å². The molecular formula is C55H56N8O19P3+. The van der Waals surface area contributed by atoms with Crippen molar-refractivity contribution < 1.29 is 85.3 Å². The average molecular weight is 1230 g/mol. The van der Waals surface area contributed by atoms with Gasteiger partial charge in [-0.3, -0.25) is 24.0 Å². The first kappa shape index (κ1) is 58.1. The third-order valence-electron chi connectivity index (χ3n) is 15.9. The number of ketones is 1. The van der Waals surface area contributed by atoms with Crippen LogP contribution in [0.4, 0.5) is 17.3 Å². The number of carboxylic acids is 1. The number of fused-ring (bicyclic) bond motifs is 5. The monoisotopic (exact) mass is 1230 g/mol. The Bertz CT molecular complexity index is 4190. The highest BCUT2D eigenvalue weighted by Gasteiger charge is 2.44. The Morgan fingerprint density at radius 2 is 1.67 bits per heavy atom. The zero-order chi connectivity index (χ0) is 59.9. The van der Waals surface area contributed by atoms with E-state index in [4.69, 9.17) is 29.7 Å². The maximum atomic E-state index is 14.2. The Hall–Kier alpha value is -7.27. The van der Waals surface area contributed by atoms with Crippen molar-refractivity contribution in [2.45, 2.75) is 102 Å². The van der Waals surface area contributed by atoms with Crippen LogP contribution >= 0.6 is 23.5 Å². The van der Waals surface area contributed by atoms with Gasteiger partial charge in [0.2, 0.25) is 17.2 Å². The highest BCUT2D eigenvalue weighted by atomic mass is 31.3. The first-order valence-corrected chi connectivity index (χ1v) is 31.9. The van der Waals surface area contributed by atoms with Crippen molar-refractivity contribution in [3.8, 4) is 29.2 Å². The third kappa shape index (κ3) is 11.5. The second-order valence-corrected chi connectivity index (χ2v) is 25.9. The van der Waals surface area contributed by atoms with Crippen LogP contribution in [0.25, 0.3) is 16.7 Å². The number of anilines is 2. The van der Waals surface area contributed by atoms with Crippen molar-refractivity contribution in [1.29, 1.82) is 0 Å². The van der Waals surface area contributed by atoms with Crippen molar-refractivity contribution in [3.63, 3.8) is 0 Å². The van der Waals surface area contributed by atoms with E-state index in [1.165, 1.54) is 64.3 Å². The Kier molecular flexibility index (Phi) is 15.4. The summed E-state index contributed by atoms with van der Waals surface area (Å²) < 4.78 is 69.9. The second kappa shape index (κ2) is 22.5. The minimum atomic E-state index is -5.80. The number of aliphatic hydroxyl groups excluding tert-OH is 1. The van der Waals surface area contributed by atoms with Crippen LogP contribution in [0.1, 0.15) is 129 Å². The van der Waals surface area contributed by atoms with E-state index >= 15 is 0 Å². The molecule has 6 aromatic rings. The lowest BCUT2D eigenvalue weighted by molar-refractivity contribution is -0.386. The van der Waals surface area contributed by atoms with Crippen LogP contribution in [-0.4, -0.2) is 111 Å². The molecule has 0 aliphatic carbocycles. The topological polar surface area (TPSA) is 381 Å². The second-order valence-electron chi connectivity index (χ2n) is 21.5. The van der Waals surface area contributed by atoms with E-state index in [2.05, 4.69) is 61.5 Å². The summed E-state index contributed by atoms with van der Waals surface area (Å²) in [6.07, 6.45) is 3.54. The first-order valence-electron chi connectivity index (χ1n) is 27.4. The molecule has 85 heavy (non-hydrogen) atoms. The summed E-state index contributed by atoms with van der Waals surface area (Å²) in [4.78, 5) is 91.5. The van der Waals surface area contributed by atoms with Gasteiger partial charge in [0.25, 0.3) is 5.69 Å². The van der Waals surface area contributed by atoms with E-state index in [9.17, 15) is 53.4 Å². The zero-order valence-corrected chi connectivity index (χ0v) is 48.0. The van der Waals surface area contributed by atoms with E-state index in [0.29, 0.717) is 11.1 Å². The van der Waals surface area contributed by atoms with Crippen LogP contribution in [0.15, 0.2) is 54.9 Å². The van der Waals surface area contributed by atoms with Crippen LogP contribution in [0.3, 0.4) is 0 Å². The lowest BCUT2D eigenvalue weighted by atomic mass is 9.81. The number of Topliss-reactive ketones (excluding diaryl/α,β-unsaturated/α-hetero) is 1. The summed E-state index contributed by atoms with van der Waals surface area (Å²) in [5, 5.41) is 36.2. The minimum absolute atomic E-state index is 0.0147. The number of hydrogen-bond donors (Lipinski definition) is 7. The fourth-order valence-corrected chi connectivity index (χ4v) is 15.5. The maximum absolute atomic E-state index is 14.2. The maximum Gasteiger partial charge on any atom is 0.490 e. The number of carbonyl (C=O) groups is 2. The average Bonchev–Trinajstić information content (AvgIpc) is 1.91. The molecule has 4 aromatic carbocycles. The van der Waals surface area contributed by atoms with Crippen molar-refractivity contribution >= 4 is 69.3 Å². The highest BCUT2D eigenvalue weighted by Crippen LogP contribution is 2.66. The van der Waals surface area contributed by atoms with E-state index in [0.717, 1.165) is 117 Å². The summed E-state index contributed by atoms with van der Waals surface area (Å²) in [7, 11) is -17.0. The number of carbonyl (C=O) groups excluding carboxylic acids is 1. The van der Waals surface area contributed by atoms with Gasteiger partial charge in [-0.1, -0.05) is 17.9 Å². The van der Waals surface area contributed by atoms with Gasteiger partial charge in [0.05, 0.1) is 40.7 Å². The summed E-state index contributed by atoms with van der Waals surface area (Å²) >= 11 is 0. The van der Waals surface area contributed by atoms with Crippen molar-refractivity contribution in [3.05, 3.63) is 131 Å². The number of aryl methyl sites for hydroxylation is 2. The number of phosphoric ester groups is 1. The van der Waals surface area contributed by atoms with E-state index in [-0.39, 0.29) is 70.4 Å². The lowest BCUT2D eigenvalue weighted by Gasteiger charge is -2.39. The van der Waals surface area contributed by atoms with Gasteiger partial charge in [-0.15, -0.1) is 0 Å². The molecule has 0 spiro atoms. The van der Waals surface area contributed by atoms with Crippen LogP contribution in [-0.2, 0) is 57.3 Å². The molecule has 8 N–H and O–H groups in total. The summed E-state index contributed by atoms with van der Waals surface area (Å²) in [5.74, 6) is 5.54. The number of nitrogens with zero attached hydrogens (tertiary/aromatic N) is 7. The number of ether oxygens (including phenoxy) is 3. The molecule has 12 rings (SSSR count). The summed E-state index contributed by atoms with van der Waals surface area (Å²) in [6.45, 7) is 4.48. The molecule has 1 saturated heterocycles. The number of nitrogen functional groups attached to an aromatic ring is 1.